The Kier molecular flexibility index (Phi) is 8.94. The van der Waals surface area contributed by atoms with E-state index in [1.807, 2.05) is 0 Å². The second kappa shape index (κ2) is 10.2. The number of unbranched alkanes of at least 4 members (excludes halogenated alkanes) is 1. The molecule has 0 amide bonds. The van der Waals surface area contributed by atoms with Gasteiger partial charge in [-0.15, -0.1) is 0 Å². The van der Waals surface area contributed by atoms with Gasteiger partial charge >= 0.3 is 0 Å². The summed E-state index contributed by atoms with van der Waals surface area (Å²) in [5, 5.41) is 4.10. The normalized spacial score (nSPS) is 14.1. The maximum absolute atomic E-state index is 14.2. The lowest BCUT2D eigenvalue weighted by Crippen LogP contribution is -2.25. The zero-order chi connectivity index (χ0) is 15.7. The average molecular weight is 314 g/mol. The molecule has 1 aromatic carbocycles. The van der Waals surface area contributed by atoms with E-state index in [0.717, 1.165) is 25.8 Å². The van der Waals surface area contributed by atoms with E-state index in [1.54, 1.807) is 12.1 Å². The zero-order valence-electron chi connectivity index (χ0n) is 13.6. The van der Waals surface area contributed by atoms with Gasteiger partial charge in [0.15, 0.2) is 0 Å². The van der Waals surface area contributed by atoms with E-state index < -0.39 is 0 Å². The Morgan fingerprint density at radius 1 is 1.19 bits per heavy atom. The molecular formula is C18H29ClFN. The predicted molar refractivity (Wildman–Crippen MR) is 90.4 cm³/mol. The van der Waals surface area contributed by atoms with Crippen molar-refractivity contribution in [1.82, 2.24) is 5.32 Å². The van der Waals surface area contributed by atoms with E-state index in [9.17, 15) is 4.39 Å². The highest BCUT2D eigenvalue weighted by atomic mass is 35.5. The molecule has 0 heterocycles. The minimum atomic E-state index is -0.154. The van der Waals surface area contributed by atoms with Gasteiger partial charge in [0.05, 0.1) is 0 Å². The summed E-state index contributed by atoms with van der Waals surface area (Å²) in [7, 11) is 0. The molecular weight excluding hydrogens is 285 g/mol. The smallest absolute Gasteiger partial charge is 0.128 e. The quantitative estimate of drug-likeness (QED) is 0.548. The molecule has 0 saturated heterocycles. The van der Waals surface area contributed by atoms with Gasteiger partial charge < -0.3 is 5.32 Å². The van der Waals surface area contributed by atoms with Gasteiger partial charge in [0.2, 0.25) is 0 Å². The van der Waals surface area contributed by atoms with Crippen molar-refractivity contribution in [3.05, 3.63) is 34.6 Å². The Hall–Kier alpha value is -0.600. The van der Waals surface area contributed by atoms with Gasteiger partial charge in [0, 0.05) is 16.6 Å². The SMILES string of the molecule is CCCCC(CC)CC(NCCC)c1cc(Cl)ccc1F. The molecule has 21 heavy (non-hydrogen) atoms. The first-order valence-corrected chi connectivity index (χ1v) is 8.68. The maximum atomic E-state index is 14.2. The zero-order valence-corrected chi connectivity index (χ0v) is 14.3. The fourth-order valence-corrected chi connectivity index (χ4v) is 2.92. The third kappa shape index (κ3) is 6.36. The summed E-state index contributed by atoms with van der Waals surface area (Å²) in [4.78, 5) is 0. The van der Waals surface area contributed by atoms with Gasteiger partial charge in [0.25, 0.3) is 0 Å². The lowest BCUT2D eigenvalue weighted by Gasteiger charge is -2.25. The maximum Gasteiger partial charge on any atom is 0.128 e. The third-order valence-corrected chi connectivity index (χ3v) is 4.32. The Balaban J connectivity index is 2.85. The first-order valence-electron chi connectivity index (χ1n) is 8.30. The van der Waals surface area contributed by atoms with Crippen LogP contribution in [0.2, 0.25) is 5.02 Å². The Morgan fingerprint density at radius 2 is 1.95 bits per heavy atom. The molecule has 0 spiro atoms. The van der Waals surface area contributed by atoms with E-state index in [1.165, 1.54) is 25.3 Å². The number of hydrogen-bond acceptors (Lipinski definition) is 1. The highest BCUT2D eigenvalue weighted by molar-refractivity contribution is 6.30. The Labute approximate surface area is 134 Å². The van der Waals surface area contributed by atoms with Gasteiger partial charge in [-0.2, -0.15) is 0 Å². The van der Waals surface area contributed by atoms with Crippen LogP contribution in [0.1, 0.15) is 70.9 Å². The van der Waals surface area contributed by atoms with Crippen molar-refractivity contribution in [1.29, 1.82) is 0 Å². The predicted octanol–water partition coefficient (Wildman–Crippen LogP) is 6.13. The lowest BCUT2D eigenvalue weighted by atomic mass is 9.89. The number of halogens is 2. The molecule has 1 N–H and O–H groups in total. The standard InChI is InChI=1S/C18H29ClFN/c1-4-7-8-14(6-3)12-18(21-11-5-2)16-13-15(19)9-10-17(16)20/h9-10,13-14,18,21H,4-8,11-12H2,1-3H3. The first-order chi connectivity index (χ1) is 10.1. The van der Waals surface area contributed by atoms with Crippen molar-refractivity contribution in [2.45, 2.75) is 65.3 Å². The molecule has 3 heteroatoms. The summed E-state index contributed by atoms with van der Waals surface area (Å²) in [6.45, 7) is 7.48. The van der Waals surface area contributed by atoms with Crippen molar-refractivity contribution in [3.8, 4) is 0 Å². The van der Waals surface area contributed by atoms with Crippen LogP contribution in [0, 0.1) is 11.7 Å². The van der Waals surface area contributed by atoms with Crippen molar-refractivity contribution in [2.75, 3.05) is 6.54 Å². The third-order valence-electron chi connectivity index (χ3n) is 4.09. The molecule has 0 fully saturated rings. The fraction of sp³-hybridized carbons (Fsp3) is 0.667. The van der Waals surface area contributed by atoms with Gasteiger partial charge in [-0.05, 0) is 43.5 Å². The van der Waals surface area contributed by atoms with Crippen molar-refractivity contribution < 1.29 is 4.39 Å². The van der Waals surface area contributed by atoms with E-state index in [-0.39, 0.29) is 11.9 Å². The summed E-state index contributed by atoms with van der Waals surface area (Å²) in [5.74, 6) is 0.482. The van der Waals surface area contributed by atoms with Crippen LogP contribution in [0.15, 0.2) is 18.2 Å². The number of nitrogens with one attached hydrogen (secondary N) is 1. The topological polar surface area (TPSA) is 12.0 Å². The summed E-state index contributed by atoms with van der Waals surface area (Å²) in [6.07, 6.45) is 6.86. The molecule has 1 nitrogen and oxygen atoms in total. The highest BCUT2D eigenvalue weighted by Crippen LogP contribution is 2.29. The number of rotatable bonds is 10. The molecule has 0 aromatic heterocycles. The molecule has 0 aliphatic heterocycles. The van der Waals surface area contributed by atoms with Crippen LogP contribution in [0.25, 0.3) is 0 Å². The first kappa shape index (κ1) is 18.4. The summed E-state index contributed by atoms with van der Waals surface area (Å²) < 4.78 is 14.2. The van der Waals surface area contributed by atoms with Crippen LogP contribution in [-0.4, -0.2) is 6.54 Å². The van der Waals surface area contributed by atoms with Gasteiger partial charge in [-0.1, -0.05) is 58.1 Å². The highest BCUT2D eigenvalue weighted by Gasteiger charge is 2.19. The van der Waals surface area contributed by atoms with Crippen LogP contribution >= 0.6 is 11.6 Å². The average Bonchev–Trinajstić information content (AvgIpc) is 2.49. The lowest BCUT2D eigenvalue weighted by molar-refractivity contribution is 0.348. The molecule has 0 radical (unpaired) electrons. The van der Waals surface area contributed by atoms with E-state index in [0.29, 0.717) is 16.5 Å². The molecule has 2 atom stereocenters. The number of benzene rings is 1. The Morgan fingerprint density at radius 3 is 2.57 bits per heavy atom. The van der Waals surface area contributed by atoms with Crippen LogP contribution in [-0.2, 0) is 0 Å². The monoisotopic (exact) mass is 313 g/mol. The van der Waals surface area contributed by atoms with E-state index in [4.69, 9.17) is 11.6 Å². The van der Waals surface area contributed by atoms with Crippen molar-refractivity contribution >= 4 is 11.6 Å². The molecule has 0 bridgehead atoms. The fourth-order valence-electron chi connectivity index (χ4n) is 2.74. The van der Waals surface area contributed by atoms with Crippen molar-refractivity contribution in [2.24, 2.45) is 5.92 Å². The minimum absolute atomic E-state index is 0.0606. The molecule has 1 aromatic rings. The van der Waals surface area contributed by atoms with Crippen LogP contribution in [0.4, 0.5) is 4.39 Å². The van der Waals surface area contributed by atoms with Crippen LogP contribution < -0.4 is 5.32 Å². The van der Waals surface area contributed by atoms with Crippen LogP contribution in [0.5, 0.6) is 0 Å². The summed E-state index contributed by atoms with van der Waals surface area (Å²) in [6, 6.07) is 4.93. The van der Waals surface area contributed by atoms with Gasteiger partial charge in [-0.3, -0.25) is 0 Å². The van der Waals surface area contributed by atoms with Crippen molar-refractivity contribution in [3.63, 3.8) is 0 Å². The van der Waals surface area contributed by atoms with Gasteiger partial charge in [0.1, 0.15) is 5.82 Å². The van der Waals surface area contributed by atoms with Crippen LogP contribution in [0.3, 0.4) is 0 Å². The molecule has 120 valence electrons. The summed E-state index contributed by atoms with van der Waals surface area (Å²) in [5.41, 5.74) is 0.714. The van der Waals surface area contributed by atoms with E-state index in [2.05, 4.69) is 26.1 Å². The molecule has 1 rings (SSSR count). The molecule has 0 aliphatic carbocycles. The second-order valence-corrected chi connectivity index (χ2v) is 6.26. The van der Waals surface area contributed by atoms with Gasteiger partial charge in [-0.25, -0.2) is 4.39 Å². The summed E-state index contributed by atoms with van der Waals surface area (Å²) >= 11 is 6.05. The molecule has 0 aliphatic rings. The minimum Gasteiger partial charge on any atom is -0.310 e. The second-order valence-electron chi connectivity index (χ2n) is 5.82. The largest absolute Gasteiger partial charge is 0.310 e. The Bertz CT molecular complexity index is 408. The molecule has 2 unspecified atom stereocenters. The number of hydrogen-bond donors (Lipinski definition) is 1. The molecule has 0 saturated carbocycles. The van der Waals surface area contributed by atoms with E-state index >= 15 is 0 Å².